The van der Waals surface area contributed by atoms with E-state index >= 15 is 0 Å². The molecule has 4 heteroatoms. The van der Waals surface area contributed by atoms with Crippen LogP contribution in [0.25, 0.3) is 0 Å². The molecule has 1 aromatic rings. The maximum absolute atomic E-state index is 14.2. The zero-order valence-corrected chi connectivity index (χ0v) is 12.6. The summed E-state index contributed by atoms with van der Waals surface area (Å²) in [6, 6.07) is 5.25. The van der Waals surface area contributed by atoms with Gasteiger partial charge >= 0.3 is 0 Å². The first-order valence-electron chi connectivity index (χ1n) is 7.29. The molecule has 0 aromatic heterocycles. The van der Waals surface area contributed by atoms with Crippen molar-refractivity contribution >= 4 is 5.69 Å². The van der Waals surface area contributed by atoms with Crippen LogP contribution < -0.4 is 10.2 Å². The van der Waals surface area contributed by atoms with Gasteiger partial charge in [-0.2, -0.15) is 0 Å². The average Bonchev–Trinajstić information content (AvgIpc) is 2.84. The highest BCUT2D eigenvalue weighted by Gasteiger charge is 2.26. The molecule has 3 nitrogen and oxygen atoms in total. The number of aliphatic hydroxyl groups excluding tert-OH is 1. The van der Waals surface area contributed by atoms with E-state index in [2.05, 4.69) is 31.0 Å². The lowest BCUT2D eigenvalue weighted by molar-refractivity contribution is 0.238. The number of anilines is 1. The van der Waals surface area contributed by atoms with E-state index in [-0.39, 0.29) is 23.9 Å². The molecule has 1 aliphatic rings. The minimum absolute atomic E-state index is 0.00221. The van der Waals surface area contributed by atoms with Crippen molar-refractivity contribution in [1.82, 2.24) is 5.32 Å². The monoisotopic (exact) mass is 280 g/mol. The molecule has 0 bridgehead atoms. The summed E-state index contributed by atoms with van der Waals surface area (Å²) < 4.78 is 14.2. The van der Waals surface area contributed by atoms with Gasteiger partial charge in [-0.3, -0.25) is 0 Å². The number of benzene rings is 1. The molecule has 112 valence electrons. The summed E-state index contributed by atoms with van der Waals surface area (Å²) in [6.45, 7) is 8.68. The molecule has 1 fully saturated rings. The summed E-state index contributed by atoms with van der Waals surface area (Å²) in [4.78, 5) is 2.07. The summed E-state index contributed by atoms with van der Waals surface area (Å²) in [7, 11) is 0. The van der Waals surface area contributed by atoms with Crippen molar-refractivity contribution in [3.05, 3.63) is 29.6 Å². The molecule has 0 aliphatic carbocycles. The summed E-state index contributed by atoms with van der Waals surface area (Å²) in [5.74, 6) is 0.0924. The Hall–Kier alpha value is -1.13. The molecule has 2 N–H and O–H groups in total. The minimum Gasteiger partial charge on any atom is -0.396 e. The van der Waals surface area contributed by atoms with E-state index in [1.165, 1.54) is 6.07 Å². The van der Waals surface area contributed by atoms with Gasteiger partial charge in [-0.15, -0.1) is 0 Å². The molecular weight excluding hydrogens is 255 g/mol. The van der Waals surface area contributed by atoms with Crippen molar-refractivity contribution in [1.29, 1.82) is 0 Å². The Labute approximate surface area is 120 Å². The van der Waals surface area contributed by atoms with Crippen molar-refractivity contribution in [3.63, 3.8) is 0 Å². The second-order valence-corrected chi connectivity index (χ2v) is 6.63. The van der Waals surface area contributed by atoms with Gasteiger partial charge in [-0.1, -0.05) is 12.1 Å². The summed E-state index contributed by atoms with van der Waals surface area (Å²) in [5.41, 5.74) is 1.68. The first kappa shape index (κ1) is 15.3. The molecule has 1 heterocycles. The van der Waals surface area contributed by atoms with Crippen molar-refractivity contribution in [2.75, 3.05) is 24.6 Å². The van der Waals surface area contributed by atoms with Gasteiger partial charge in [0, 0.05) is 37.7 Å². The Morgan fingerprint density at radius 3 is 2.75 bits per heavy atom. The van der Waals surface area contributed by atoms with Crippen LogP contribution in [0.15, 0.2) is 18.2 Å². The van der Waals surface area contributed by atoms with Crippen LogP contribution in [-0.4, -0.2) is 30.3 Å². The van der Waals surface area contributed by atoms with Crippen molar-refractivity contribution in [2.45, 2.75) is 39.3 Å². The molecule has 1 saturated heterocycles. The van der Waals surface area contributed by atoms with Gasteiger partial charge in [0.25, 0.3) is 0 Å². The Morgan fingerprint density at radius 1 is 1.40 bits per heavy atom. The molecule has 0 saturated carbocycles. The van der Waals surface area contributed by atoms with Crippen molar-refractivity contribution < 1.29 is 9.50 Å². The second kappa shape index (κ2) is 6.10. The zero-order valence-electron chi connectivity index (χ0n) is 12.6. The van der Waals surface area contributed by atoms with E-state index in [9.17, 15) is 9.50 Å². The topological polar surface area (TPSA) is 35.5 Å². The zero-order chi connectivity index (χ0) is 14.8. The van der Waals surface area contributed by atoms with E-state index in [0.29, 0.717) is 12.2 Å². The van der Waals surface area contributed by atoms with Gasteiger partial charge in [0.05, 0.1) is 5.69 Å². The van der Waals surface area contributed by atoms with Crippen molar-refractivity contribution in [3.8, 4) is 0 Å². The molecule has 0 spiro atoms. The van der Waals surface area contributed by atoms with Crippen LogP contribution in [-0.2, 0) is 6.54 Å². The first-order chi connectivity index (χ1) is 9.40. The maximum atomic E-state index is 14.2. The fourth-order valence-corrected chi connectivity index (χ4v) is 2.60. The third-order valence-corrected chi connectivity index (χ3v) is 3.74. The second-order valence-electron chi connectivity index (χ2n) is 6.63. The highest BCUT2D eigenvalue weighted by atomic mass is 19.1. The van der Waals surface area contributed by atoms with Crippen LogP contribution in [0.3, 0.4) is 0 Å². The van der Waals surface area contributed by atoms with E-state index in [1.54, 1.807) is 6.07 Å². The number of aliphatic hydroxyl groups is 1. The normalized spacial score (nSPS) is 19.6. The number of para-hydroxylation sites is 1. The highest BCUT2D eigenvalue weighted by molar-refractivity contribution is 5.55. The molecule has 1 aliphatic heterocycles. The van der Waals surface area contributed by atoms with Gasteiger partial charge < -0.3 is 15.3 Å². The fourth-order valence-electron chi connectivity index (χ4n) is 2.60. The highest BCUT2D eigenvalue weighted by Crippen LogP contribution is 2.30. The van der Waals surface area contributed by atoms with Crippen LogP contribution >= 0.6 is 0 Å². The van der Waals surface area contributed by atoms with Gasteiger partial charge in [-0.25, -0.2) is 4.39 Å². The largest absolute Gasteiger partial charge is 0.396 e. The van der Waals surface area contributed by atoms with Crippen LogP contribution in [0.5, 0.6) is 0 Å². The smallest absolute Gasteiger partial charge is 0.146 e. The van der Waals surface area contributed by atoms with Crippen molar-refractivity contribution in [2.24, 2.45) is 5.92 Å². The lowest BCUT2D eigenvalue weighted by Gasteiger charge is -2.26. The van der Waals surface area contributed by atoms with E-state index in [0.717, 1.165) is 25.1 Å². The van der Waals surface area contributed by atoms with Crippen LogP contribution in [0.4, 0.5) is 10.1 Å². The molecule has 20 heavy (non-hydrogen) atoms. The van der Waals surface area contributed by atoms with Crippen LogP contribution in [0.1, 0.15) is 32.8 Å². The average molecular weight is 280 g/mol. The maximum Gasteiger partial charge on any atom is 0.146 e. The Balaban J connectivity index is 2.19. The number of halogens is 1. The number of nitrogens with zero attached hydrogens (tertiary/aromatic N) is 1. The molecule has 0 radical (unpaired) electrons. The number of hydrogen-bond acceptors (Lipinski definition) is 3. The predicted octanol–water partition coefficient (Wildman–Crippen LogP) is 2.53. The van der Waals surface area contributed by atoms with Gasteiger partial charge in [0.1, 0.15) is 5.82 Å². The summed E-state index contributed by atoms with van der Waals surface area (Å²) in [5, 5.41) is 12.7. The lowest BCUT2D eigenvalue weighted by atomic mass is 10.1. The summed E-state index contributed by atoms with van der Waals surface area (Å²) >= 11 is 0. The number of nitrogens with one attached hydrogen (secondary N) is 1. The number of rotatable bonds is 4. The van der Waals surface area contributed by atoms with E-state index < -0.39 is 0 Å². The van der Waals surface area contributed by atoms with Crippen LogP contribution in [0.2, 0.25) is 0 Å². The van der Waals surface area contributed by atoms with Gasteiger partial charge in [0.15, 0.2) is 0 Å². The fraction of sp³-hybridized carbons (Fsp3) is 0.625. The van der Waals surface area contributed by atoms with E-state index in [4.69, 9.17) is 0 Å². The molecule has 2 rings (SSSR count). The standard InChI is InChI=1S/C16H25FN2O/c1-16(2,3)18-9-13-5-4-6-14(17)15(13)19-8-7-12(10-19)11-20/h4-6,12,18,20H,7-11H2,1-3H3. The molecule has 1 aromatic carbocycles. The third kappa shape index (κ3) is 3.70. The predicted molar refractivity (Wildman–Crippen MR) is 80.4 cm³/mol. The molecule has 1 unspecified atom stereocenters. The number of hydrogen-bond donors (Lipinski definition) is 2. The summed E-state index contributed by atoms with van der Waals surface area (Å²) in [6.07, 6.45) is 0.928. The Morgan fingerprint density at radius 2 is 2.15 bits per heavy atom. The Bertz CT molecular complexity index is 456. The Kier molecular flexibility index (Phi) is 4.66. The van der Waals surface area contributed by atoms with Crippen LogP contribution in [0, 0.1) is 11.7 Å². The van der Waals surface area contributed by atoms with E-state index in [1.807, 2.05) is 6.07 Å². The SMILES string of the molecule is CC(C)(C)NCc1cccc(F)c1N1CCC(CO)C1. The first-order valence-corrected chi connectivity index (χ1v) is 7.29. The molecule has 0 amide bonds. The minimum atomic E-state index is -0.170. The van der Waals surface area contributed by atoms with Gasteiger partial charge in [-0.05, 0) is 38.8 Å². The molecular formula is C16H25FN2O. The quantitative estimate of drug-likeness (QED) is 0.889. The third-order valence-electron chi connectivity index (χ3n) is 3.74. The lowest BCUT2D eigenvalue weighted by Crippen LogP contribution is -2.35. The van der Waals surface area contributed by atoms with Gasteiger partial charge in [0.2, 0.25) is 0 Å². The molecule has 1 atom stereocenters.